The molecule has 0 saturated carbocycles. The number of hydrogen-bond acceptors (Lipinski definition) is 4. The van der Waals surface area contributed by atoms with Crippen LogP contribution >= 0.6 is 0 Å². The summed E-state index contributed by atoms with van der Waals surface area (Å²) in [5, 5.41) is 0. The number of carbonyl (C=O) groups excluding carboxylic acids is 1. The van der Waals surface area contributed by atoms with Crippen molar-refractivity contribution < 1.29 is 19.0 Å². The van der Waals surface area contributed by atoms with Crippen LogP contribution in [-0.2, 0) is 20.7 Å². The lowest BCUT2D eigenvalue weighted by atomic mass is 9.79. The minimum Gasteiger partial charge on any atom is -0.496 e. The smallest absolute Gasteiger partial charge is 0.316 e. The second-order valence-electron chi connectivity index (χ2n) is 4.76. The Morgan fingerprint density at radius 2 is 2.11 bits per heavy atom. The third-order valence-corrected chi connectivity index (χ3v) is 3.34. The van der Waals surface area contributed by atoms with Gasteiger partial charge in [-0.15, -0.1) is 0 Å². The standard InChI is InChI=1S/C14H18O4/c1-10-4-5-12(16-2)11(6-10)7-14(8-18-9-14)13(15)17-3/h4-6H,7-9H2,1-3H3. The quantitative estimate of drug-likeness (QED) is 0.763. The maximum absolute atomic E-state index is 11.9. The molecule has 1 saturated heterocycles. The van der Waals surface area contributed by atoms with E-state index in [1.165, 1.54) is 7.11 Å². The fourth-order valence-corrected chi connectivity index (χ4v) is 2.27. The van der Waals surface area contributed by atoms with Gasteiger partial charge >= 0.3 is 5.97 Å². The Bertz CT molecular complexity index is 449. The Balaban J connectivity index is 2.27. The van der Waals surface area contributed by atoms with Gasteiger partial charge in [0.05, 0.1) is 27.4 Å². The van der Waals surface area contributed by atoms with Crippen molar-refractivity contribution in [1.82, 2.24) is 0 Å². The van der Waals surface area contributed by atoms with Crippen LogP contribution in [0.3, 0.4) is 0 Å². The van der Waals surface area contributed by atoms with E-state index in [9.17, 15) is 4.79 Å². The lowest BCUT2D eigenvalue weighted by Gasteiger charge is -2.38. The van der Waals surface area contributed by atoms with Crippen LogP contribution in [0.15, 0.2) is 18.2 Å². The summed E-state index contributed by atoms with van der Waals surface area (Å²) in [6.07, 6.45) is 0.588. The van der Waals surface area contributed by atoms with E-state index in [1.807, 2.05) is 25.1 Å². The third kappa shape index (κ3) is 2.20. The highest BCUT2D eigenvalue weighted by Crippen LogP contribution is 2.36. The first-order chi connectivity index (χ1) is 8.61. The van der Waals surface area contributed by atoms with E-state index in [2.05, 4.69) is 0 Å². The normalized spacial score (nSPS) is 16.8. The first-order valence-corrected chi connectivity index (χ1v) is 5.91. The van der Waals surface area contributed by atoms with Gasteiger partial charge in [0.25, 0.3) is 0 Å². The molecule has 4 heteroatoms. The highest BCUT2D eigenvalue weighted by Gasteiger charge is 2.47. The molecule has 1 heterocycles. The van der Waals surface area contributed by atoms with Crippen molar-refractivity contribution in [1.29, 1.82) is 0 Å². The number of methoxy groups -OCH3 is 2. The number of carbonyl (C=O) groups is 1. The molecule has 18 heavy (non-hydrogen) atoms. The van der Waals surface area contributed by atoms with E-state index < -0.39 is 5.41 Å². The molecule has 4 nitrogen and oxygen atoms in total. The maximum Gasteiger partial charge on any atom is 0.316 e. The third-order valence-electron chi connectivity index (χ3n) is 3.34. The molecule has 0 radical (unpaired) electrons. The zero-order valence-corrected chi connectivity index (χ0v) is 11.0. The summed E-state index contributed by atoms with van der Waals surface area (Å²) >= 11 is 0. The molecule has 2 rings (SSSR count). The SMILES string of the molecule is COC(=O)C1(Cc2cc(C)ccc2OC)COC1. The molecule has 0 atom stereocenters. The molecule has 0 unspecified atom stereocenters. The summed E-state index contributed by atoms with van der Waals surface area (Å²) in [5.41, 5.74) is 1.62. The van der Waals surface area contributed by atoms with Crippen LogP contribution < -0.4 is 4.74 Å². The predicted molar refractivity (Wildman–Crippen MR) is 66.7 cm³/mol. The van der Waals surface area contributed by atoms with Crippen LogP contribution in [0, 0.1) is 12.3 Å². The van der Waals surface area contributed by atoms with Gasteiger partial charge < -0.3 is 14.2 Å². The Kier molecular flexibility index (Phi) is 3.57. The van der Waals surface area contributed by atoms with Crippen LogP contribution in [0.4, 0.5) is 0 Å². The van der Waals surface area contributed by atoms with Gasteiger partial charge in [-0.2, -0.15) is 0 Å². The molecule has 0 bridgehead atoms. The van der Waals surface area contributed by atoms with Crippen molar-refractivity contribution in [2.45, 2.75) is 13.3 Å². The molecule has 1 aromatic rings. The molecule has 0 spiro atoms. The summed E-state index contributed by atoms with van der Waals surface area (Å²) in [7, 11) is 3.05. The molecular formula is C14H18O4. The van der Waals surface area contributed by atoms with E-state index in [0.717, 1.165) is 16.9 Å². The fourth-order valence-electron chi connectivity index (χ4n) is 2.27. The van der Waals surface area contributed by atoms with Gasteiger partial charge in [0.15, 0.2) is 0 Å². The second-order valence-corrected chi connectivity index (χ2v) is 4.76. The number of aryl methyl sites for hydroxylation is 1. The topological polar surface area (TPSA) is 44.8 Å². The molecule has 0 aromatic heterocycles. The molecule has 0 amide bonds. The van der Waals surface area contributed by atoms with Crippen molar-refractivity contribution in [3.63, 3.8) is 0 Å². The summed E-state index contributed by atoms with van der Waals surface area (Å²) in [6, 6.07) is 5.96. The lowest BCUT2D eigenvalue weighted by Crippen LogP contribution is -2.51. The van der Waals surface area contributed by atoms with Crippen LogP contribution in [0.25, 0.3) is 0 Å². The minimum atomic E-state index is -0.546. The average molecular weight is 250 g/mol. The van der Waals surface area contributed by atoms with Crippen LogP contribution in [0.1, 0.15) is 11.1 Å². The van der Waals surface area contributed by atoms with Gasteiger partial charge in [-0.25, -0.2) is 0 Å². The van der Waals surface area contributed by atoms with E-state index in [1.54, 1.807) is 7.11 Å². The van der Waals surface area contributed by atoms with Gasteiger partial charge in [-0.05, 0) is 25.0 Å². The number of ether oxygens (including phenoxy) is 3. The van der Waals surface area contributed by atoms with Crippen molar-refractivity contribution in [3.8, 4) is 5.75 Å². The first-order valence-electron chi connectivity index (χ1n) is 5.91. The minimum absolute atomic E-state index is 0.211. The first kappa shape index (κ1) is 12.9. The average Bonchev–Trinajstić information content (AvgIpc) is 2.33. The summed E-state index contributed by atoms with van der Waals surface area (Å²) in [6.45, 7) is 2.85. The Hall–Kier alpha value is -1.55. The number of benzene rings is 1. The highest BCUT2D eigenvalue weighted by atomic mass is 16.5. The molecule has 1 aromatic carbocycles. The number of esters is 1. The van der Waals surface area contributed by atoms with E-state index >= 15 is 0 Å². The van der Waals surface area contributed by atoms with Gasteiger partial charge in [-0.3, -0.25) is 4.79 Å². The Labute approximate surface area is 107 Å². The van der Waals surface area contributed by atoms with Gasteiger partial charge in [0.2, 0.25) is 0 Å². The van der Waals surface area contributed by atoms with Crippen LogP contribution in [0.2, 0.25) is 0 Å². The Morgan fingerprint density at radius 1 is 1.39 bits per heavy atom. The van der Waals surface area contributed by atoms with Crippen LogP contribution in [0.5, 0.6) is 5.75 Å². The zero-order valence-electron chi connectivity index (χ0n) is 11.0. The van der Waals surface area contributed by atoms with Gasteiger partial charge in [-0.1, -0.05) is 17.7 Å². The monoisotopic (exact) mass is 250 g/mol. The number of hydrogen-bond donors (Lipinski definition) is 0. The molecular weight excluding hydrogens is 232 g/mol. The molecule has 1 aliphatic rings. The molecule has 1 aliphatic heterocycles. The molecule has 0 N–H and O–H groups in total. The fraction of sp³-hybridized carbons (Fsp3) is 0.500. The van der Waals surface area contributed by atoms with E-state index in [0.29, 0.717) is 19.6 Å². The lowest BCUT2D eigenvalue weighted by molar-refractivity contribution is -0.182. The second kappa shape index (κ2) is 4.98. The van der Waals surface area contributed by atoms with Crippen molar-refractivity contribution in [3.05, 3.63) is 29.3 Å². The molecule has 98 valence electrons. The van der Waals surface area contributed by atoms with Crippen LogP contribution in [-0.4, -0.2) is 33.4 Å². The van der Waals surface area contributed by atoms with E-state index in [-0.39, 0.29) is 5.97 Å². The van der Waals surface area contributed by atoms with Crippen molar-refractivity contribution in [2.75, 3.05) is 27.4 Å². The highest BCUT2D eigenvalue weighted by molar-refractivity contribution is 5.78. The summed E-state index contributed by atoms with van der Waals surface area (Å²) < 4.78 is 15.4. The maximum atomic E-state index is 11.9. The predicted octanol–water partition coefficient (Wildman–Crippen LogP) is 1.74. The van der Waals surface area contributed by atoms with E-state index in [4.69, 9.17) is 14.2 Å². The Morgan fingerprint density at radius 3 is 2.61 bits per heavy atom. The molecule has 0 aliphatic carbocycles. The number of rotatable bonds is 4. The molecule has 1 fully saturated rings. The largest absolute Gasteiger partial charge is 0.496 e. The van der Waals surface area contributed by atoms with Crippen molar-refractivity contribution >= 4 is 5.97 Å². The van der Waals surface area contributed by atoms with Crippen molar-refractivity contribution in [2.24, 2.45) is 5.41 Å². The van der Waals surface area contributed by atoms with Gasteiger partial charge in [0, 0.05) is 0 Å². The zero-order chi connectivity index (χ0) is 13.2. The summed E-state index contributed by atoms with van der Waals surface area (Å²) in [5.74, 6) is 0.591. The van der Waals surface area contributed by atoms with Gasteiger partial charge in [0.1, 0.15) is 11.2 Å². The summed E-state index contributed by atoms with van der Waals surface area (Å²) in [4.78, 5) is 11.9.